The molecule has 0 saturated carbocycles. The first-order chi connectivity index (χ1) is 5.77. The summed E-state index contributed by atoms with van der Waals surface area (Å²) >= 11 is -2.06. The van der Waals surface area contributed by atoms with Crippen LogP contribution in [-0.2, 0) is 11.3 Å². The number of rotatable bonds is 1. The van der Waals surface area contributed by atoms with Crippen LogP contribution in [0.1, 0.15) is 0 Å². The van der Waals surface area contributed by atoms with Gasteiger partial charge >= 0.3 is 0 Å². The normalized spacial score (nSPS) is 13.4. The molecule has 0 aliphatic carbocycles. The zero-order chi connectivity index (χ0) is 8.55. The molecule has 0 aliphatic heterocycles. The van der Waals surface area contributed by atoms with Gasteiger partial charge in [-0.25, -0.2) is 4.21 Å². The summed E-state index contributed by atoms with van der Waals surface area (Å²) < 4.78 is 20.3. The van der Waals surface area contributed by atoms with Crippen molar-refractivity contribution in [2.45, 2.75) is 0 Å². The lowest BCUT2D eigenvalue weighted by molar-refractivity contribution is 0.548. The summed E-state index contributed by atoms with van der Waals surface area (Å²) in [6.45, 7) is 0. The molecule has 5 heteroatoms. The maximum atomic E-state index is 10.6. The van der Waals surface area contributed by atoms with E-state index in [1.165, 1.54) is 6.20 Å². The smallest absolute Gasteiger partial charge is 0.282 e. The number of aromatic nitrogens is 2. The van der Waals surface area contributed by atoms with Crippen LogP contribution in [0.5, 0.6) is 0 Å². The first-order valence-corrected chi connectivity index (χ1v) is 4.39. The van der Waals surface area contributed by atoms with Gasteiger partial charge in [-0.2, -0.15) is 9.19 Å². The van der Waals surface area contributed by atoms with Gasteiger partial charge in [0.2, 0.25) is 0 Å². The van der Waals surface area contributed by atoms with Gasteiger partial charge < -0.3 is 0 Å². The van der Waals surface area contributed by atoms with E-state index in [0.29, 0.717) is 0 Å². The second-order valence-corrected chi connectivity index (χ2v) is 3.16. The fraction of sp³-hybridized carbons (Fsp3) is 0. The van der Waals surface area contributed by atoms with Gasteiger partial charge in [0, 0.05) is 5.39 Å². The Balaban J connectivity index is 2.70. The molecule has 1 unspecified atom stereocenters. The van der Waals surface area contributed by atoms with Crippen LogP contribution in [0, 0.1) is 0 Å². The van der Waals surface area contributed by atoms with Crippen molar-refractivity contribution in [3.05, 3.63) is 30.5 Å². The molecule has 2 aromatic rings. The second kappa shape index (κ2) is 2.69. The Hall–Kier alpha value is -1.20. The molecule has 0 fully saturated rings. The van der Waals surface area contributed by atoms with Gasteiger partial charge in [0.15, 0.2) is 0 Å². The molecule has 2 rings (SSSR count). The molecule has 12 heavy (non-hydrogen) atoms. The molecule has 4 nitrogen and oxygen atoms in total. The van der Waals surface area contributed by atoms with Crippen LogP contribution in [0.25, 0.3) is 10.9 Å². The third-order valence-corrected chi connectivity index (χ3v) is 2.06. The molecule has 1 heterocycles. The molecule has 0 amide bonds. The van der Waals surface area contributed by atoms with E-state index in [9.17, 15) is 4.21 Å². The van der Waals surface area contributed by atoms with Crippen LogP contribution in [0.3, 0.4) is 0 Å². The number of fused-ring (bicyclic) bond motifs is 1. The van der Waals surface area contributed by atoms with Gasteiger partial charge in [-0.3, -0.25) is 4.55 Å². The highest BCUT2D eigenvalue weighted by Gasteiger charge is 2.01. The lowest BCUT2D eigenvalue weighted by Crippen LogP contribution is -2.01. The summed E-state index contributed by atoms with van der Waals surface area (Å²) in [5, 5.41) is 4.74. The van der Waals surface area contributed by atoms with Gasteiger partial charge in [-0.1, -0.05) is 18.2 Å². The van der Waals surface area contributed by atoms with Crippen LogP contribution >= 0.6 is 0 Å². The Morgan fingerprint density at radius 2 is 2.17 bits per heavy atom. The van der Waals surface area contributed by atoms with Crippen LogP contribution in [0.4, 0.5) is 0 Å². The SMILES string of the molecule is O=S(O)n1cc2ccccc2n1. The van der Waals surface area contributed by atoms with E-state index in [2.05, 4.69) is 5.10 Å². The largest absolute Gasteiger partial charge is 0.288 e. The standard InChI is InChI=1S/C7H6N2O2S/c10-12(11)9-5-6-3-1-2-4-7(6)8-9/h1-5H,(H,10,11). The molecular weight excluding hydrogens is 176 g/mol. The fourth-order valence-electron chi connectivity index (χ4n) is 1.02. The van der Waals surface area contributed by atoms with Crippen LogP contribution in [0.15, 0.2) is 30.5 Å². The van der Waals surface area contributed by atoms with Crippen molar-refractivity contribution in [2.75, 3.05) is 0 Å². The summed E-state index contributed by atoms with van der Waals surface area (Å²) in [4.78, 5) is 0. The molecule has 0 radical (unpaired) electrons. The monoisotopic (exact) mass is 182 g/mol. The van der Waals surface area contributed by atoms with Gasteiger partial charge in [-0.15, -0.1) is 0 Å². The van der Waals surface area contributed by atoms with Crippen molar-refractivity contribution >= 4 is 22.2 Å². The Kier molecular flexibility index (Phi) is 1.67. The van der Waals surface area contributed by atoms with Crippen LogP contribution in [0.2, 0.25) is 0 Å². The molecule has 0 bridgehead atoms. The second-order valence-electron chi connectivity index (χ2n) is 2.32. The molecule has 0 spiro atoms. The van der Waals surface area contributed by atoms with Gasteiger partial charge in [0.05, 0.1) is 11.7 Å². The van der Waals surface area contributed by atoms with Crippen molar-refractivity contribution in [2.24, 2.45) is 0 Å². The van der Waals surface area contributed by atoms with Gasteiger partial charge in [0.1, 0.15) is 0 Å². The van der Waals surface area contributed by atoms with E-state index >= 15 is 0 Å². The Labute approximate surface area is 71.2 Å². The van der Waals surface area contributed by atoms with Gasteiger partial charge in [0.25, 0.3) is 11.3 Å². The maximum Gasteiger partial charge on any atom is 0.282 e. The third kappa shape index (κ3) is 1.13. The molecule has 1 aromatic heterocycles. The molecule has 1 aromatic carbocycles. The summed E-state index contributed by atoms with van der Waals surface area (Å²) in [7, 11) is 0. The van der Waals surface area contributed by atoms with Crippen LogP contribution in [-0.4, -0.2) is 17.9 Å². The number of hydrogen-bond acceptors (Lipinski definition) is 2. The molecular formula is C7H6N2O2S. The van der Waals surface area contributed by atoms with Crippen molar-refractivity contribution in [3.8, 4) is 0 Å². The topological polar surface area (TPSA) is 55.1 Å². The highest BCUT2D eigenvalue weighted by atomic mass is 32.2. The van der Waals surface area contributed by atoms with E-state index in [0.717, 1.165) is 15.0 Å². The summed E-state index contributed by atoms with van der Waals surface area (Å²) in [6, 6.07) is 7.32. The Morgan fingerprint density at radius 1 is 1.42 bits per heavy atom. The number of benzene rings is 1. The van der Waals surface area contributed by atoms with E-state index in [4.69, 9.17) is 4.55 Å². The fourth-order valence-corrected chi connectivity index (χ4v) is 1.38. The zero-order valence-corrected chi connectivity index (χ0v) is 6.86. The predicted octanol–water partition coefficient (Wildman–Crippen LogP) is 1.02. The first-order valence-electron chi connectivity index (χ1n) is 3.33. The quantitative estimate of drug-likeness (QED) is 0.670. The minimum absolute atomic E-state index is 0.722. The minimum atomic E-state index is -2.06. The Bertz CT molecular complexity index is 405. The highest BCUT2D eigenvalue weighted by molar-refractivity contribution is 7.77. The predicted molar refractivity (Wildman–Crippen MR) is 45.9 cm³/mol. The van der Waals surface area contributed by atoms with Crippen molar-refractivity contribution in [1.82, 2.24) is 9.19 Å². The number of nitrogens with zero attached hydrogens (tertiary/aromatic N) is 2. The number of hydrogen-bond donors (Lipinski definition) is 1. The third-order valence-electron chi connectivity index (χ3n) is 1.55. The summed E-state index contributed by atoms with van der Waals surface area (Å²) in [5.74, 6) is 0. The Morgan fingerprint density at radius 3 is 2.83 bits per heavy atom. The lowest BCUT2D eigenvalue weighted by atomic mass is 10.3. The molecule has 0 saturated heterocycles. The average Bonchev–Trinajstić information content (AvgIpc) is 2.46. The first kappa shape index (κ1) is 7.45. The van der Waals surface area contributed by atoms with E-state index in [1.54, 1.807) is 6.07 Å². The van der Waals surface area contributed by atoms with E-state index in [-0.39, 0.29) is 0 Å². The maximum absolute atomic E-state index is 10.6. The zero-order valence-electron chi connectivity index (χ0n) is 6.04. The van der Waals surface area contributed by atoms with Crippen LogP contribution < -0.4 is 0 Å². The molecule has 0 aliphatic rings. The van der Waals surface area contributed by atoms with Gasteiger partial charge in [-0.05, 0) is 6.07 Å². The van der Waals surface area contributed by atoms with Crippen molar-refractivity contribution < 1.29 is 8.76 Å². The molecule has 62 valence electrons. The summed E-state index contributed by atoms with van der Waals surface area (Å²) in [6.07, 6.45) is 1.53. The van der Waals surface area contributed by atoms with E-state index in [1.807, 2.05) is 18.2 Å². The van der Waals surface area contributed by atoms with E-state index < -0.39 is 11.3 Å². The highest BCUT2D eigenvalue weighted by Crippen LogP contribution is 2.10. The summed E-state index contributed by atoms with van der Waals surface area (Å²) in [5.41, 5.74) is 0.722. The minimum Gasteiger partial charge on any atom is -0.288 e. The van der Waals surface area contributed by atoms with Crippen molar-refractivity contribution in [3.63, 3.8) is 0 Å². The molecule has 1 atom stereocenters. The molecule has 1 N–H and O–H groups in total. The van der Waals surface area contributed by atoms with Crippen molar-refractivity contribution in [1.29, 1.82) is 0 Å². The lowest BCUT2D eigenvalue weighted by Gasteiger charge is -1.87. The average molecular weight is 182 g/mol.